The van der Waals surface area contributed by atoms with Crippen molar-refractivity contribution in [3.05, 3.63) is 0 Å². The summed E-state index contributed by atoms with van der Waals surface area (Å²) in [6, 6.07) is -0.130. The van der Waals surface area contributed by atoms with Crippen LogP contribution in [0.2, 0.25) is 6.32 Å². The molecule has 0 aliphatic heterocycles. The summed E-state index contributed by atoms with van der Waals surface area (Å²) in [6.07, 6.45) is 3.32. The van der Waals surface area contributed by atoms with E-state index in [1.54, 1.807) is 0 Å². The van der Waals surface area contributed by atoms with Crippen molar-refractivity contribution in [2.75, 3.05) is 0 Å². The lowest BCUT2D eigenvalue weighted by Crippen LogP contribution is -2.40. The van der Waals surface area contributed by atoms with Crippen molar-refractivity contribution in [1.29, 1.82) is 0 Å². The van der Waals surface area contributed by atoms with Crippen molar-refractivity contribution in [3.8, 4) is 0 Å². The van der Waals surface area contributed by atoms with Crippen molar-refractivity contribution < 1.29 is 15.2 Å². The number of aliphatic hydroxyl groups excluding tert-OH is 1. The third-order valence-electron chi connectivity index (χ3n) is 2.80. The fraction of sp³-hybridized carbons (Fsp3) is 1.00. The molecule has 0 aromatic heterocycles. The SMILES string of the molecule is N[C@H]1C[C@H](CCB(O)O)CC[C@H]1O. The fourth-order valence-corrected chi connectivity index (χ4v) is 1.93. The summed E-state index contributed by atoms with van der Waals surface area (Å²) < 4.78 is 0. The van der Waals surface area contributed by atoms with Gasteiger partial charge in [0.1, 0.15) is 0 Å². The Morgan fingerprint density at radius 1 is 1.31 bits per heavy atom. The first-order valence-corrected chi connectivity index (χ1v) is 4.89. The minimum atomic E-state index is -1.21. The summed E-state index contributed by atoms with van der Waals surface area (Å²) in [5, 5.41) is 26.7. The quantitative estimate of drug-likeness (QED) is 0.441. The molecule has 0 amide bonds. The highest BCUT2D eigenvalue weighted by molar-refractivity contribution is 6.40. The Labute approximate surface area is 78.9 Å². The minimum absolute atomic E-state index is 0.130. The van der Waals surface area contributed by atoms with Gasteiger partial charge in [0.05, 0.1) is 6.10 Å². The van der Waals surface area contributed by atoms with Crippen LogP contribution in [0.25, 0.3) is 0 Å². The summed E-state index contributed by atoms with van der Waals surface area (Å²) in [7, 11) is -1.21. The predicted octanol–water partition coefficient (Wildman–Crippen LogP) is -0.662. The van der Waals surface area contributed by atoms with Crippen LogP contribution in [0, 0.1) is 5.92 Å². The predicted molar refractivity (Wildman–Crippen MR) is 50.9 cm³/mol. The maximum absolute atomic E-state index is 9.35. The number of aliphatic hydroxyl groups is 1. The van der Waals surface area contributed by atoms with Crippen molar-refractivity contribution >= 4 is 7.12 Å². The molecule has 1 aliphatic carbocycles. The third-order valence-corrected chi connectivity index (χ3v) is 2.80. The maximum Gasteiger partial charge on any atom is 0.451 e. The second-order valence-electron chi connectivity index (χ2n) is 3.97. The highest BCUT2D eigenvalue weighted by atomic mass is 16.4. The number of hydrogen-bond donors (Lipinski definition) is 4. The molecule has 0 radical (unpaired) electrons. The highest BCUT2D eigenvalue weighted by Gasteiger charge is 2.26. The van der Waals surface area contributed by atoms with Crippen LogP contribution in [0.3, 0.4) is 0 Å². The molecule has 1 fully saturated rings. The van der Waals surface area contributed by atoms with E-state index in [4.69, 9.17) is 15.8 Å². The normalized spacial score (nSPS) is 34.6. The molecule has 0 saturated heterocycles. The molecule has 0 heterocycles. The van der Waals surface area contributed by atoms with E-state index in [2.05, 4.69) is 0 Å². The van der Waals surface area contributed by atoms with E-state index in [-0.39, 0.29) is 12.1 Å². The van der Waals surface area contributed by atoms with Crippen molar-refractivity contribution in [2.45, 2.75) is 44.1 Å². The van der Waals surface area contributed by atoms with Crippen LogP contribution in [-0.4, -0.2) is 34.4 Å². The zero-order valence-electron chi connectivity index (χ0n) is 7.76. The van der Waals surface area contributed by atoms with E-state index >= 15 is 0 Å². The van der Waals surface area contributed by atoms with Crippen molar-refractivity contribution in [2.24, 2.45) is 11.7 Å². The summed E-state index contributed by atoms with van der Waals surface area (Å²) in [4.78, 5) is 0. The summed E-state index contributed by atoms with van der Waals surface area (Å²) >= 11 is 0. The van der Waals surface area contributed by atoms with E-state index in [1.807, 2.05) is 0 Å². The van der Waals surface area contributed by atoms with E-state index in [9.17, 15) is 5.11 Å². The van der Waals surface area contributed by atoms with Gasteiger partial charge in [0, 0.05) is 6.04 Å². The van der Waals surface area contributed by atoms with Gasteiger partial charge in [-0.3, -0.25) is 0 Å². The van der Waals surface area contributed by atoms with Gasteiger partial charge in [-0.1, -0.05) is 6.42 Å². The van der Waals surface area contributed by atoms with Gasteiger partial charge in [-0.25, -0.2) is 0 Å². The van der Waals surface area contributed by atoms with Gasteiger partial charge in [-0.15, -0.1) is 0 Å². The molecule has 0 unspecified atom stereocenters. The fourth-order valence-electron chi connectivity index (χ4n) is 1.93. The Kier molecular flexibility index (Phi) is 4.19. The molecule has 1 saturated carbocycles. The Morgan fingerprint density at radius 2 is 2.00 bits per heavy atom. The summed E-state index contributed by atoms with van der Waals surface area (Å²) in [6.45, 7) is 0. The molecular formula is C8H18BNO3. The maximum atomic E-state index is 9.35. The Hall–Kier alpha value is -0.0951. The summed E-state index contributed by atoms with van der Waals surface area (Å²) in [5.41, 5.74) is 5.70. The van der Waals surface area contributed by atoms with Gasteiger partial charge in [0.15, 0.2) is 0 Å². The molecule has 4 nitrogen and oxygen atoms in total. The van der Waals surface area contributed by atoms with Crippen LogP contribution >= 0.6 is 0 Å². The second-order valence-corrected chi connectivity index (χ2v) is 3.97. The lowest BCUT2D eigenvalue weighted by atomic mass is 9.75. The first kappa shape index (κ1) is 11.0. The zero-order valence-corrected chi connectivity index (χ0v) is 7.76. The molecule has 0 aromatic carbocycles. The molecule has 76 valence electrons. The molecule has 0 bridgehead atoms. The first-order chi connectivity index (χ1) is 6.09. The molecule has 0 spiro atoms. The topological polar surface area (TPSA) is 86.7 Å². The molecule has 5 heteroatoms. The lowest BCUT2D eigenvalue weighted by Gasteiger charge is -2.30. The smallest absolute Gasteiger partial charge is 0.427 e. The largest absolute Gasteiger partial charge is 0.451 e. The van der Waals surface area contributed by atoms with Gasteiger partial charge >= 0.3 is 7.12 Å². The van der Waals surface area contributed by atoms with Crippen LogP contribution in [0.1, 0.15) is 25.7 Å². The average Bonchev–Trinajstić information content (AvgIpc) is 2.07. The Morgan fingerprint density at radius 3 is 2.54 bits per heavy atom. The molecular weight excluding hydrogens is 169 g/mol. The highest BCUT2D eigenvalue weighted by Crippen LogP contribution is 2.27. The molecule has 3 atom stereocenters. The van der Waals surface area contributed by atoms with Crippen molar-refractivity contribution in [3.63, 3.8) is 0 Å². The van der Waals surface area contributed by atoms with Crippen LogP contribution in [0.5, 0.6) is 0 Å². The molecule has 5 N–H and O–H groups in total. The van der Waals surface area contributed by atoms with Gasteiger partial charge < -0.3 is 20.9 Å². The van der Waals surface area contributed by atoms with Crippen LogP contribution in [0.4, 0.5) is 0 Å². The standard InChI is InChI=1S/C8H18BNO3/c10-7-5-6(1-2-8(7)11)3-4-9(12)13/h6-8,11-13H,1-5,10H2/t6-,7-,8+/m0/s1. The number of nitrogens with two attached hydrogens (primary N) is 1. The average molecular weight is 187 g/mol. The number of rotatable bonds is 3. The van der Waals surface area contributed by atoms with Gasteiger partial charge in [-0.05, 0) is 31.5 Å². The van der Waals surface area contributed by atoms with Gasteiger partial charge in [-0.2, -0.15) is 0 Å². The zero-order chi connectivity index (χ0) is 9.84. The van der Waals surface area contributed by atoms with E-state index in [0.29, 0.717) is 12.2 Å². The molecule has 0 aromatic rings. The first-order valence-electron chi connectivity index (χ1n) is 4.89. The van der Waals surface area contributed by atoms with E-state index in [1.165, 1.54) is 0 Å². The van der Waals surface area contributed by atoms with Gasteiger partial charge in [0.2, 0.25) is 0 Å². The van der Waals surface area contributed by atoms with Gasteiger partial charge in [0.25, 0.3) is 0 Å². The molecule has 1 aliphatic rings. The minimum Gasteiger partial charge on any atom is -0.427 e. The molecule has 13 heavy (non-hydrogen) atoms. The number of hydrogen-bond acceptors (Lipinski definition) is 4. The van der Waals surface area contributed by atoms with Crippen LogP contribution in [0.15, 0.2) is 0 Å². The van der Waals surface area contributed by atoms with Crippen LogP contribution in [-0.2, 0) is 0 Å². The summed E-state index contributed by atoms with van der Waals surface area (Å²) in [5.74, 6) is 0.445. The Balaban J connectivity index is 2.21. The monoisotopic (exact) mass is 187 g/mol. The molecule has 1 rings (SSSR count). The Bertz CT molecular complexity index is 156. The van der Waals surface area contributed by atoms with E-state index in [0.717, 1.165) is 25.7 Å². The second kappa shape index (κ2) is 4.95. The third kappa shape index (κ3) is 3.64. The lowest BCUT2D eigenvalue weighted by molar-refractivity contribution is 0.0855. The van der Waals surface area contributed by atoms with E-state index < -0.39 is 7.12 Å². The van der Waals surface area contributed by atoms with Crippen LogP contribution < -0.4 is 5.73 Å². The van der Waals surface area contributed by atoms with Crippen molar-refractivity contribution in [1.82, 2.24) is 0 Å².